The third kappa shape index (κ3) is 4.14. The van der Waals surface area contributed by atoms with Crippen LogP contribution in [0, 0.1) is 0 Å². The SMILES string of the molecule is CCOc1noc(CC(NC(C)=O)(C(=O)OC)C(=O)OC)c1-c1cccc2ccccc12. The number of amides is 1. The lowest BCUT2D eigenvalue weighted by Crippen LogP contribution is -2.62. The molecule has 0 radical (unpaired) electrons. The number of hydrogen-bond acceptors (Lipinski definition) is 8. The third-order valence-electron chi connectivity index (χ3n) is 4.95. The molecule has 1 aromatic heterocycles. The van der Waals surface area contributed by atoms with Gasteiger partial charge in [-0.05, 0) is 28.4 Å². The monoisotopic (exact) mass is 440 g/mol. The lowest BCUT2D eigenvalue weighted by molar-refractivity contribution is -0.165. The number of ether oxygens (including phenoxy) is 3. The van der Waals surface area contributed by atoms with Gasteiger partial charge in [-0.3, -0.25) is 4.79 Å². The third-order valence-corrected chi connectivity index (χ3v) is 4.95. The number of esters is 2. The molecule has 0 atom stereocenters. The number of benzene rings is 2. The van der Waals surface area contributed by atoms with Crippen molar-refractivity contribution in [3.05, 3.63) is 48.2 Å². The molecular formula is C23H24N2O7. The fourth-order valence-corrected chi connectivity index (χ4v) is 3.64. The molecule has 0 saturated heterocycles. The van der Waals surface area contributed by atoms with E-state index in [9.17, 15) is 14.4 Å². The van der Waals surface area contributed by atoms with Crippen molar-refractivity contribution in [1.82, 2.24) is 10.5 Å². The number of carbonyl (C=O) groups is 3. The van der Waals surface area contributed by atoms with Crippen LogP contribution in [0.4, 0.5) is 0 Å². The highest BCUT2D eigenvalue weighted by Crippen LogP contribution is 2.39. The largest absolute Gasteiger partial charge is 0.475 e. The summed E-state index contributed by atoms with van der Waals surface area (Å²) in [7, 11) is 2.22. The standard InChI is InChI=1S/C23H24N2O7/c1-5-31-20-19(17-12-8-10-15-9-6-7-11-16(15)17)18(32-25-20)13-23(21(27)29-3,22(28)30-4)24-14(2)26/h6-12H,5,13H2,1-4H3,(H,24,26). The highest BCUT2D eigenvalue weighted by atomic mass is 16.6. The summed E-state index contributed by atoms with van der Waals surface area (Å²) in [5.41, 5.74) is -0.974. The predicted molar refractivity (Wildman–Crippen MR) is 115 cm³/mol. The molecule has 1 N–H and O–H groups in total. The number of carbonyl (C=O) groups excluding carboxylic acids is 3. The van der Waals surface area contributed by atoms with Crippen LogP contribution in [0.15, 0.2) is 47.0 Å². The quantitative estimate of drug-likeness (QED) is 0.420. The topological polar surface area (TPSA) is 117 Å². The van der Waals surface area contributed by atoms with Crippen LogP contribution in [0.5, 0.6) is 5.88 Å². The number of methoxy groups -OCH3 is 2. The number of nitrogens with one attached hydrogen (secondary N) is 1. The van der Waals surface area contributed by atoms with E-state index in [1.54, 1.807) is 6.92 Å². The molecule has 1 heterocycles. The maximum atomic E-state index is 12.7. The number of rotatable bonds is 8. The molecule has 0 fully saturated rings. The van der Waals surface area contributed by atoms with Crippen molar-refractivity contribution in [1.29, 1.82) is 0 Å². The van der Waals surface area contributed by atoms with Crippen LogP contribution < -0.4 is 10.1 Å². The minimum atomic E-state index is -2.17. The van der Waals surface area contributed by atoms with Gasteiger partial charge < -0.3 is 24.1 Å². The van der Waals surface area contributed by atoms with Gasteiger partial charge in [0.1, 0.15) is 0 Å². The molecule has 3 aromatic rings. The first-order valence-electron chi connectivity index (χ1n) is 9.93. The summed E-state index contributed by atoms with van der Waals surface area (Å²) in [5.74, 6) is -2.28. The van der Waals surface area contributed by atoms with Gasteiger partial charge in [0.15, 0.2) is 5.76 Å². The van der Waals surface area contributed by atoms with E-state index in [1.807, 2.05) is 42.5 Å². The van der Waals surface area contributed by atoms with Gasteiger partial charge in [-0.2, -0.15) is 0 Å². The second-order valence-electron chi connectivity index (χ2n) is 6.99. The summed E-state index contributed by atoms with van der Waals surface area (Å²) in [4.78, 5) is 37.4. The second kappa shape index (κ2) is 9.51. The number of hydrogen-bond donors (Lipinski definition) is 1. The zero-order valence-corrected chi connectivity index (χ0v) is 18.3. The van der Waals surface area contributed by atoms with Crippen LogP contribution in [-0.4, -0.2) is 49.4 Å². The van der Waals surface area contributed by atoms with Gasteiger partial charge in [-0.15, -0.1) is 0 Å². The zero-order valence-electron chi connectivity index (χ0n) is 18.3. The molecule has 0 aliphatic carbocycles. The average Bonchev–Trinajstić information content (AvgIpc) is 3.18. The molecule has 3 rings (SSSR count). The Morgan fingerprint density at radius 3 is 2.31 bits per heavy atom. The Morgan fingerprint density at radius 1 is 1.03 bits per heavy atom. The minimum absolute atomic E-state index is 0.148. The Morgan fingerprint density at radius 2 is 1.69 bits per heavy atom. The van der Waals surface area contributed by atoms with Crippen LogP contribution in [0.3, 0.4) is 0 Å². The van der Waals surface area contributed by atoms with Gasteiger partial charge in [-0.25, -0.2) is 9.59 Å². The Kier molecular flexibility index (Phi) is 6.77. The maximum Gasteiger partial charge on any atom is 0.343 e. The van der Waals surface area contributed by atoms with Crippen molar-refractivity contribution < 1.29 is 33.1 Å². The van der Waals surface area contributed by atoms with Crippen LogP contribution in [-0.2, 0) is 30.3 Å². The summed E-state index contributed by atoms with van der Waals surface area (Å²) < 4.78 is 20.9. The van der Waals surface area contributed by atoms with Crippen molar-refractivity contribution in [2.45, 2.75) is 25.8 Å². The highest BCUT2D eigenvalue weighted by Gasteiger charge is 2.51. The molecule has 0 saturated carbocycles. The van der Waals surface area contributed by atoms with Gasteiger partial charge in [0.25, 0.3) is 5.88 Å². The molecule has 9 nitrogen and oxygen atoms in total. The Labute approximate surface area is 184 Å². The molecule has 32 heavy (non-hydrogen) atoms. The molecule has 1 amide bonds. The lowest BCUT2D eigenvalue weighted by atomic mass is 9.89. The summed E-state index contributed by atoms with van der Waals surface area (Å²) >= 11 is 0. The summed E-state index contributed by atoms with van der Waals surface area (Å²) in [6.45, 7) is 3.29. The van der Waals surface area contributed by atoms with E-state index >= 15 is 0 Å². The number of aromatic nitrogens is 1. The molecule has 168 valence electrons. The first kappa shape index (κ1) is 22.8. The zero-order chi connectivity index (χ0) is 23.3. The lowest BCUT2D eigenvalue weighted by Gasteiger charge is -2.28. The summed E-state index contributed by atoms with van der Waals surface area (Å²) in [5, 5.41) is 8.25. The first-order valence-corrected chi connectivity index (χ1v) is 9.93. The van der Waals surface area contributed by atoms with Crippen molar-refractivity contribution in [3.8, 4) is 17.0 Å². The normalized spacial score (nSPS) is 11.1. The van der Waals surface area contributed by atoms with Crippen LogP contribution in [0.25, 0.3) is 21.9 Å². The van der Waals surface area contributed by atoms with Gasteiger partial charge >= 0.3 is 11.9 Å². The second-order valence-corrected chi connectivity index (χ2v) is 6.99. The molecule has 0 aliphatic heterocycles. The van der Waals surface area contributed by atoms with Gasteiger partial charge in [0.2, 0.25) is 11.4 Å². The van der Waals surface area contributed by atoms with Crippen LogP contribution >= 0.6 is 0 Å². The summed E-state index contributed by atoms with van der Waals surface area (Å²) in [6.07, 6.45) is -0.398. The molecular weight excluding hydrogens is 416 g/mol. The smallest absolute Gasteiger partial charge is 0.343 e. The van der Waals surface area contributed by atoms with Crippen molar-refractivity contribution in [3.63, 3.8) is 0 Å². The fraction of sp³-hybridized carbons (Fsp3) is 0.304. The predicted octanol–water partition coefficient (Wildman–Crippen LogP) is 2.66. The average molecular weight is 440 g/mol. The van der Waals surface area contributed by atoms with Crippen molar-refractivity contribution in [2.24, 2.45) is 0 Å². The van der Waals surface area contributed by atoms with Crippen LogP contribution in [0.2, 0.25) is 0 Å². The molecule has 0 spiro atoms. The summed E-state index contributed by atoms with van der Waals surface area (Å²) in [6, 6.07) is 13.4. The van der Waals surface area contributed by atoms with Crippen molar-refractivity contribution >= 4 is 28.6 Å². The van der Waals surface area contributed by atoms with E-state index in [0.717, 1.165) is 30.6 Å². The molecule has 9 heteroatoms. The van der Waals surface area contributed by atoms with E-state index in [0.29, 0.717) is 12.2 Å². The van der Waals surface area contributed by atoms with E-state index in [-0.39, 0.29) is 11.6 Å². The molecule has 0 aliphatic rings. The van der Waals surface area contributed by atoms with Crippen LogP contribution in [0.1, 0.15) is 19.6 Å². The fourth-order valence-electron chi connectivity index (χ4n) is 3.64. The molecule has 2 aromatic carbocycles. The Hall–Kier alpha value is -3.88. The molecule has 0 unspecified atom stereocenters. The van der Waals surface area contributed by atoms with E-state index < -0.39 is 29.8 Å². The highest BCUT2D eigenvalue weighted by molar-refractivity contribution is 6.08. The Bertz CT molecular complexity index is 1130. The maximum absolute atomic E-state index is 12.7. The number of nitrogens with zero attached hydrogens (tertiary/aromatic N) is 1. The number of fused-ring (bicyclic) bond motifs is 1. The van der Waals surface area contributed by atoms with Gasteiger partial charge in [0, 0.05) is 6.92 Å². The van der Waals surface area contributed by atoms with E-state index in [1.165, 1.54) is 6.92 Å². The van der Waals surface area contributed by atoms with Gasteiger partial charge in [0.05, 0.1) is 32.8 Å². The van der Waals surface area contributed by atoms with Crippen molar-refractivity contribution in [2.75, 3.05) is 20.8 Å². The minimum Gasteiger partial charge on any atom is -0.475 e. The van der Waals surface area contributed by atoms with E-state index in [4.69, 9.17) is 18.7 Å². The Balaban J connectivity index is 2.24. The van der Waals surface area contributed by atoms with Gasteiger partial charge in [-0.1, -0.05) is 42.5 Å². The first-order chi connectivity index (χ1) is 15.4. The van der Waals surface area contributed by atoms with E-state index in [2.05, 4.69) is 10.5 Å². The molecule has 0 bridgehead atoms.